The number of fused-ring (bicyclic) bond motifs is 1. The van der Waals surface area contributed by atoms with Crippen molar-refractivity contribution in [2.75, 3.05) is 13.1 Å². The van der Waals surface area contributed by atoms with Crippen molar-refractivity contribution in [1.82, 2.24) is 19.7 Å². The summed E-state index contributed by atoms with van der Waals surface area (Å²) in [6.45, 7) is 1.13. The monoisotopic (exact) mass is 364 g/mol. The van der Waals surface area contributed by atoms with Gasteiger partial charge in [0.25, 0.3) is 5.91 Å². The number of hydrogen-bond donors (Lipinski definition) is 1. The van der Waals surface area contributed by atoms with Crippen molar-refractivity contribution in [1.29, 1.82) is 0 Å². The van der Waals surface area contributed by atoms with E-state index >= 15 is 0 Å². The molecule has 7 nitrogen and oxygen atoms in total. The van der Waals surface area contributed by atoms with Crippen molar-refractivity contribution in [3.05, 3.63) is 60.0 Å². The van der Waals surface area contributed by atoms with Gasteiger partial charge in [0.2, 0.25) is 0 Å². The maximum absolute atomic E-state index is 13.0. The lowest BCUT2D eigenvalue weighted by molar-refractivity contribution is -0.137. The van der Waals surface area contributed by atoms with E-state index in [1.165, 1.54) is 4.68 Å². The molecule has 1 aliphatic rings. The first-order valence-corrected chi connectivity index (χ1v) is 8.99. The number of amides is 1. The molecule has 1 atom stereocenters. The number of nitrogens with zero attached hydrogens (tertiary/aromatic N) is 4. The number of carbonyl (C=O) groups is 2. The molecule has 7 heteroatoms. The van der Waals surface area contributed by atoms with Gasteiger partial charge in [0, 0.05) is 36.8 Å². The van der Waals surface area contributed by atoms with Gasteiger partial charge in [0.15, 0.2) is 0 Å². The molecule has 0 spiro atoms. The first kappa shape index (κ1) is 17.2. The van der Waals surface area contributed by atoms with Crippen LogP contribution in [0.3, 0.4) is 0 Å². The van der Waals surface area contributed by atoms with Gasteiger partial charge in [0.1, 0.15) is 6.54 Å². The number of aliphatic carboxylic acids is 1. The number of benzene rings is 1. The second kappa shape index (κ2) is 7.19. The summed E-state index contributed by atoms with van der Waals surface area (Å²) < 4.78 is 1.42. The zero-order valence-electron chi connectivity index (χ0n) is 14.8. The Bertz CT molecular complexity index is 998. The Balaban J connectivity index is 1.50. The largest absolute Gasteiger partial charge is 0.480 e. The average Bonchev–Trinajstić information content (AvgIpc) is 3.15. The molecule has 27 heavy (non-hydrogen) atoms. The Labute approximate surface area is 156 Å². The predicted octanol–water partition coefficient (Wildman–Crippen LogP) is 2.54. The van der Waals surface area contributed by atoms with Crippen molar-refractivity contribution in [2.24, 2.45) is 0 Å². The molecule has 4 rings (SSSR count). The van der Waals surface area contributed by atoms with E-state index in [9.17, 15) is 9.59 Å². The number of carboxylic acid groups (broad SMARTS) is 1. The number of likely N-dealkylation sites (tertiary alicyclic amines) is 1. The standard InChI is InChI=1S/C20H20N4O3/c25-19(26)13-24-9-7-18(22-24)15-5-3-8-23(12-15)20(27)16-10-14-4-1-2-6-17(14)21-11-16/h1-2,4,6-7,9-11,15H,3,5,8,12-13H2,(H,25,26)/t15-/m0/s1. The van der Waals surface area contributed by atoms with Gasteiger partial charge in [-0.05, 0) is 31.0 Å². The molecule has 3 heterocycles. The van der Waals surface area contributed by atoms with Crippen molar-refractivity contribution < 1.29 is 14.7 Å². The van der Waals surface area contributed by atoms with Crippen LogP contribution in [-0.4, -0.2) is 49.7 Å². The molecule has 1 N–H and O–H groups in total. The Morgan fingerprint density at radius 1 is 1.22 bits per heavy atom. The number of pyridine rings is 1. The van der Waals surface area contributed by atoms with Crippen LogP contribution in [0.1, 0.15) is 34.8 Å². The fourth-order valence-corrected chi connectivity index (χ4v) is 3.60. The number of carbonyl (C=O) groups excluding carboxylic acids is 1. The Hall–Kier alpha value is -3.22. The molecule has 0 bridgehead atoms. The lowest BCUT2D eigenvalue weighted by Crippen LogP contribution is -2.39. The predicted molar refractivity (Wildman–Crippen MR) is 99.5 cm³/mol. The molecular weight excluding hydrogens is 344 g/mol. The fraction of sp³-hybridized carbons (Fsp3) is 0.300. The van der Waals surface area contributed by atoms with E-state index in [1.807, 2.05) is 41.3 Å². The summed E-state index contributed by atoms with van der Waals surface area (Å²) >= 11 is 0. The maximum Gasteiger partial charge on any atom is 0.325 e. The highest BCUT2D eigenvalue weighted by atomic mass is 16.4. The molecule has 0 radical (unpaired) electrons. The molecule has 0 saturated carbocycles. The summed E-state index contributed by atoms with van der Waals surface area (Å²) in [6, 6.07) is 11.5. The highest BCUT2D eigenvalue weighted by molar-refractivity contribution is 5.97. The molecule has 0 aliphatic carbocycles. The van der Waals surface area contributed by atoms with Crippen LogP contribution < -0.4 is 0 Å². The second-order valence-corrected chi connectivity index (χ2v) is 6.84. The van der Waals surface area contributed by atoms with E-state index in [2.05, 4.69) is 10.1 Å². The van der Waals surface area contributed by atoms with Crippen LogP contribution in [0.4, 0.5) is 0 Å². The van der Waals surface area contributed by atoms with Gasteiger partial charge >= 0.3 is 5.97 Å². The molecule has 1 saturated heterocycles. The molecule has 3 aromatic rings. The van der Waals surface area contributed by atoms with E-state index in [0.29, 0.717) is 18.7 Å². The summed E-state index contributed by atoms with van der Waals surface area (Å²) in [7, 11) is 0. The zero-order chi connectivity index (χ0) is 18.8. The van der Waals surface area contributed by atoms with Crippen LogP contribution in [0.5, 0.6) is 0 Å². The van der Waals surface area contributed by atoms with Crippen LogP contribution in [0, 0.1) is 0 Å². The summed E-state index contributed by atoms with van der Waals surface area (Å²) in [6.07, 6.45) is 5.14. The van der Waals surface area contributed by atoms with Gasteiger partial charge in [-0.15, -0.1) is 0 Å². The van der Waals surface area contributed by atoms with Gasteiger partial charge in [-0.2, -0.15) is 5.10 Å². The van der Waals surface area contributed by atoms with Gasteiger partial charge < -0.3 is 10.0 Å². The molecular formula is C20H20N4O3. The topological polar surface area (TPSA) is 88.3 Å². The van der Waals surface area contributed by atoms with Crippen molar-refractivity contribution in [2.45, 2.75) is 25.3 Å². The SMILES string of the molecule is O=C(O)Cn1ccc([C@H]2CCCN(C(=O)c3cnc4ccccc4c3)C2)n1. The minimum Gasteiger partial charge on any atom is -0.480 e. The van der Waals surface area contributed by atoms with Crippen LogP contribution in [-0.2, 0) is 11.3 Å². The number of piperidine rings is 1. The van der Waals surface area contributed by atoms with Crippen LogP contribution in [0.15, 0.2) is 48.8 Å². The molecule has 1 amide bonds. The van der Waals surface area contributed by atoms with E-state index in [0.717, 1.165) is 29.4 Å². The van der Waals surface area contributed by atoms with Crippen LogP contribution >= 0.6 is 0 Å². The van der Waals surface area contributed by atoms with Crippen molar-refractivity contribution in [3.8, 4) is 0 Å². The lowest BCUT2D eigenvalue weighted by Gasteiger charge is -2.32. The van der Waals surface area contributed by atoms with Crippen LogP contribution in [0.25, 0.3) is 10.9 Å². The Kier molecular flexibility index (Phi) is 4.58. The minimum atomic E-state index is -0.922. The molecule has 1 aliphatic heterocycles. The van der Waals surface area contributed by atoms with Gasteiger partial charge in [-0.3, -0.25) is 19.3 Å². The number of rotatable bonds is 4. The van der Waals surface area contributed by atoms with E-state index < -0.39 is 5.97 Å². The van der Waals surface area contributed by atoms with Crippen molar-refractivity contribution >= 4 is 22.8 Å². The minimum absolute atomic E-state index is 0.0251. The summed E-state index contributed by atoms with van der Waals surface area (Å²) in [5.74, 6) is -0.831. The third-order valence-electron chi connectivity index (χ3n) is 4.92. The summed E-state index contributed by atoms with van der Waals surface area (Å²) in [5, 5.41) is 14.2. The van der Waals surface area contributed by atoms with Gasteiger partial charge in [0.05, 0.1) is 16.8 Å². The lowest BCUT2D eigenvalue weighted by atomic mass is 9.94. The quantitative estimate of drug-likeness (QED) is 0.768. The Morgan fingerprint density at radius 2 is 2.07 bits per heavy atom. The van der Waals surface area contributed by atoms with E-state index in [-0.39, 0.29) is 18.4 Å². The number of hydrogen-bond acceptors (Lipinski definition) is 4. The Morgan fingerprint density at radius 3 is 2.93 bits per heavy atom. The van der Waals surface area contributed by atoms with E-state index in [1.54, 1.807) is 12.4 Å². The number of para-hydroxylation sites is 1. The van der Waals surface area contributed by atoms with Gasteiger partial charge in [-0.1, -0.05) is 18.2 Å². The maximum atomic E-state index is 13.0. The second-order valence-electron chi connectivity index (χ2n) is 6.84. The smallest absolute Gasteiger partial charge is 0.325 e. The van der Waals surface area contributed by atoms with E-state index in [4.69, 9.17) is 5.11 Å². The molecule has 1 aromatic carbocycles. The van der Waals surface area contributed by atoms with Gasteiger partial charge in [-0.25, -0.2) is 0 Å². The molecule has 138 valence electrons. The third-order valence-corrected chi connectivity index (χ3v) is 4.92. The number of carboxylic acids is 1. The molecule has 1 fully saturated rings. The zero-order valence-corrected chi connectivity index (χ0v) is 14.8. The normalized spacial score (nSPS) is 17.2. The first-order chi connectivity index (χ1) is 13.1. The molecule has 0 unspecified atom stereocenters. The highest BCUT2D eigenvalue weighted by Crippen LogP contribution is 2.27. The summed E-state index contributed by atoms with van der Waals surface area (Å²) in [5.41, 5.74) is 2.30. The fourth-order valence-electron chi connectivity index (χ4n) is 3.60. The van der Waals surface area contributed by atoms with Crippen LogP contribution in [0.2, 0.25) is 0 Å². The molecule has 2 aromatic heterocycles. The first-order valence-electron chi connectivity index (χ1n) is 8.99. The average molecular weight is 364 g/mol. The highest BCUT2D eigenvalue weighted by Gasteiger charge is 2.27. The van der Waals surface area contributed by atoms with Crippen molar-refractivity contribution in [3.63, 3.8) is 0 Å². The summed E-state index contributed by atoms with van der Waals surface area (Å²) in [4.78, 5) is 30.0. The number of aromatic nitrogens is 3. The third kappa shape index (κ3) is 3.67.